The molecule has 0 bridgehead atoms. The summed E-state index contributed by atoms with van der Waals surface area (Å²) in [5, 5.41) is 8.24. The maximum absolute atomic E-state index is 5.41. The number of hydrogen-bond donors (Lipinski definition) is 1. The van der Waals surface area contributed by atoms with Gasteiger partial charge in [0.2, 0.25) is 0 Å². The second-order valence-corrected chi connectivity index (χ2v) is 5.14. The summed E-state index contributed by atoms with van der Waals surface area (Å²) in [6.45, 7) is 4.98. The van der Waals surface area contributed by atoms with Gasteiger partial charge in [0, 0.05) is 26.0 Å². The lowest BCUT2D eigenvalue weighted by Gasteiger charge is -2.22. The average Bonchev–Trinajstić information content (AvgIpc) is 2.84. The molecule has 0 aliphatic carbocycles. The molecule has 0 unspecified atom stereocenters. The van der Waals surface area contributed by atoms with Crippen LogP contribution in [0.25, 0.3) is 5.52 Å². The van der Waals surface area contributed by atoms with E-state index in [1.807, 2.05) is 16.8 Å². The van der Waals surface area contributed by atoms with E-state index in [9.17, 15) is 0 Å². The molecule has 1 aliphatic rings. The number of nitrogens with zero attached hydrogens (tertiary/aromatic N) is 2. The van der Waals surface area contributed by atoms with Crippen molar-refractivity contribution in [1.29, 1.82) is 0 Å². The van der Waals surface area contributed by atoms with Crippen LogP contribution in [0.3, 0.4) is 0 Å². The van der Waals surface area contributed by atoms with Crippen molar-refractivity contribution >= 4 is 28.2 Å². The van der Waals surface area contributed by atoms with E-state index < -0.39 is 0 Å². The third-order valence-corrected chi connectivity index (χ3v) is 3.86. The van der Waals surface area contributed by atoms with Gasteiger partial charge in [-0.05, 0) is 37.3 Å². The van der Waals surface area contributed by atoms with Gasteiger partial charge in [-0.15, -0.1) is 17.0 Å². The molecule has 0 radical (unpaired) electrons. The number of pyridine rings is 1. The summed E-state index contributed by atoms with van der Waals surface area (Å²) in [6.07, 6.45) is 5.28. The van der Waals surface area contributed by atoms with Crippen LogP contribution in [0.2, 0.25) is 0 Å². The molecule has 1 fully saturated rings. The first-order valence-electron chi connectivity index (χ1n) is 7.16. The smallest absolute Gasteiger partial charge is 0.0896 e. The molecule has 0 saturated carbocycles. The molecule has 5 heteroatoms. The summed E-state index contributed by atoms with van der Waals surface area (Å²) in [7, 11) is 0. The van der Waals surface area contributed by atoms with Crippen LogP contribution >= 0.6 is 17.0 Å². The summed E-state index contributed by atoms with van der Waals surface area (Å²) < 4.78 is 7.37. The van der Waals surface area contributed by atoms with Gasteiger partial charge in [0.1, 0.15) is 0 Å². The fourth-order valence-corrected chi connectivity index (χ4v) is 2.68. The van der Waals surface area contributed by atoms with Crippen molar-refractivity contribution in [3.63, 3.8) is 0 Å². The molecule has 2 aromatic heterocycles. The van der Waals surface area contributed by atoms with Crippen LogP contribution < -0.4 is 5.32 Å². The van der Waals surface area contributed by atoms with Gasteiger partial charge in [-0.1, -0.05) is 13.0 Å². The Balaban J connectivity index is 0.00000147. The zero-order valence-electron chi connectivity index (χ0n) is 11.8. The van der Waals surface area contributed by atoms with Crippen LogP contribution in [0.4, 0.5) is 5.69 Å². The maximum Gasteiger partial charge on any atom is 0.0896 e. The van der Waals surface area contributed by atoms with Crippen molar-refractivity contribution in [2.75, 3.05) is 25.1 Å². The van der Waals surface area contributed by atoms with Crippen LogP contribution in [0, 0.1) is 5.92 Å². The Morgan fingerprint density at radius 1 is 1.35 bits per heavy atom. The van der Waals surface area contributed by atoms with E-state index in [0.29, 0.717) is 0 Å². The van der Waals surface area contributed by atoms with E-state index >= 15 is 0 Å². The molecule has 3 heterocycles. The number of nitrogens with one attached hydrogen (secondary N) is 1. The summed E-state index contributed by atoms with van der Waals surface area (Å²) in [6, 6.07) is 6.20. The quantitative estimate of drug-likeness (QED) is 0.928. The van der Waals surface area contributed by atoms with Crippen molar-refractivity contribution < 1.29 is 4.74 Å². The van der Waals surface area contributed by atoms with Crippen molar-refractivity contribution in [2.45, 2.75) is 26.2 Å². The number of rotatable bonds is 4. The van der Waals surface area contributed by atoms with Crippen LogP contribution in [0.1, 0.15) is 25.5 Å². The van der Waals surface area contributed by atoms with Gasteiger partial charge in [0.15, 0.2) is 0 Å². The van der Waals surface area contributed by atoms with Crippen LogP contribution in [0.15, 0.2) is 24.4 Å². The summed E-state index contributed by atoms with van der Waals surface area (Å²) >= 11 is 0. The third-order valence-electron chi connectivity index (χ3n) is 3.86. The summed E-state index contributed by atoms with van der Waals surface area (Å²) in [5.74, 6) is 0.720. The third kappa shape index (κ3) is 3.15. The molecule has 2 aromatic rings. The first-order chi connectivity index (χ1) is 9.38. The van der Waals surface area contributed by atoms with Gasteiger partial charge < -0.3 is 10.1 Å². The van der Waals surface area contributed by atoms with Crippen LogP contribution in [-0.4, -0.2) is 29.4 Å². The van der Waals surface area contributed by atoms with E-state index in [1.165, 1.54) is 11.2 Å². The Bertz CT molecular complexity index is 549. The molecule has 20 heavy (non-hydrogen) atoms. The molecule has 3 rings (SSSR count). The van der Waals surface area contributed by atoms with Crippen molar-refractivity contribution in [3.05, 3.63) is 30.1 Å². The minimum absolute atomic E-state index is 0. The second kappa shape index (κ2) is 7.09. The monoisotopic (exact) mass is 339 g/mol. The predicted octanol–water partition coefficient (Wildman–Crippen LogP) is 3.31. The number of aryl methyl sites for hydroxylation is 1. The number of halogens is 1. The molecule has 0 amide bonds. The lowest BCUT2D eigenvalue weighted by atomic mass is 10.0. The Kier molecular flexibility index (Phi) is 5.43. The molecular formula is C15H22BrN3O. The number of ether oxygens (including phenoxy) is 1. The van der Waals surface area contributed by atoms with Gasteiger partial charge in [-0.25, -0.2) is 4.52 Å². The summed E-state index contributed by atoms with van der Waals surface area (Å²) in [4.78, 5) is 0. The largest absolute Gasteiger partial charge is 0.381 e. The Labute approximate surface area is 130 Å². The molecule has 1 aliphatic heterocycles. The molecule has 4 nitrogen and oxygen atoms in total. The van der Waals surface area contributed by atoms with E-state index in [-0.39, 0.29) is 17.0 Å². The van der Waals surface area contributed by atoms with Crippen molar-refractivity contribution in [1.82, 2.24) is 9.61 Å². The SMILES string of the molecule is Br.CCc1nn2ccccc2c1NCC1CCOCC1. The number of aromatic nitrogens is 2. The Morgan fingerprint density at radius 2 is 2.15 bits per heavy atom. The predicted molar refractivity (Wildman–Crippen MR) is 86.9 cm³/mol. The maximum atomic E-state index is 5.41. The molecule has 0 atom stereocenters. The number of hydrogen-bond acceptors (Lipinski definition) is 3. The molecule has 1 saturated heterocycles. The molecular weight excluding hydrogens is 318 g/mol. The zero-order valence-corrected chi connectivity index (χ0v) is 13.6. The van der Waals surface area contributed by atoms with Crippen molar-refractivity contribution in [3.8, 4) is 0 Å². The molecule has 0 aromatic carbocycles. The molecule has 1 N–H and O–H groups in total. The minimum Gasteiger partial charge on any atom is -0.381 e. The first-order valence-corrected chi connectivity index (χ1v) is 7.16. The van der Waals surface area contributed by atoms with Gasteiger partial charge >= 0.3 is 0 Å². The Morgan fingerprint density at radius 3 is 2.90 bits per heavy atom. The highest BCUT2D eigenvalue weighted by Gasteiger charge is 2.16. The van der Waals surface area contributed by atoms with Gasteiger partial charge in [-0.3, -0.25) is 0 Å². The first kappa shape index (κ1) is 15.3. The van der Waals surface area contributed by atoms with Gasteiger partial charge in [-0.2, -0.15) is 5.10 Å². The van der Waals surface area contributed by atoms with Crippen LogP contribution in [0.5, 0.6) is 0 Å². The standard InChI is InChI=1S/C15H21N3O.BrH/c1-2-13-15(14-5-3-4-8-18(14)17-13)16-11-12-6-9-19-10-7-12;/h3-5,8,12,16H,2,6-7,9-11H2,1H3;1H. The van der Waals surface area contributed by atoms with E-state index in [1.54, 1.807) is 0 Å². The number of anilines is 1. The molecule has 0 spiro atoms. The fourth-order valence-electron chi connectivity index (χ4n) is 2.68. The average molecular weight is 340 g/mol. The van der Waals surface area contributed by atoms with E-state index in [2.05, 4.69) is 29.5 Å². The highest BCUT2D eigenvalue weighted by molar-refractivity contribution is 8.93. The van der Waals surface area contributed by atoms with E-state index in [4.69, 9.17) is 4.74 Å². The highest BCUT2D eigenvalue weighted by atomic mass is 79.9. The molecule has 110 valence electrons. The lowest BCUT2D eigenvalue weighted by molar-refractivity contribution is 0.0699. The normalized spacial score (nSPS) is 16.1. The topological polar surface area (TPSA) is 38.6 Å². The van der Waals surface area contributed by atoms with Gasteiger partial charge in [0.05, 0.1) is 16.9 Å². The second-order valence-electron chi connectivity index (χ2n) is 5.14. The lowest BCUT2D eigenvalue weighted by Crippen LogP contribution is -2.22. The fraction of sp³-hybridized carbons (Fsp3) is 0.533. The highest BCUT2D eigenvalue weighted by Crippen LogP contribution is 2.24. The van der Waals surface area contributed by atoms with Gasteiger partial charge in [0.25, 0.3) is 0 Å². The number of fused-ring (bicyclic) bond motifs is 1. The summed E-state index contributed by atoms with van der Waals surface area (Å²) in [5.41, 5.74) is 3.53. The minimum atomic E-state index is 0. The van der Waals surface area contributed by atoms with Crippen molar-refractivity contribution in [2.24, 2.45) is 5.92 Å². The van der Waals surface area contributed by atoms with Crippen LogP contribution in [-0.2, 0) is 11.2 Å². The van der Waals surface area contributed by atoms with E-state index in [0.717, 1.165) is 50.6 Å². The zero-order chi connectivity index (χ0) is 13.1. The Hall–Kier alpha value is -1.07.